The second-order valence-electron chi connectivity index (χ2n) is 5.11. The van der Waals surface area contributed by atoms with E-state index < -0.39 is 0 Å². The molecule has 0 N–H and O–H groups in total. The molecule has 0 radical (unpaired) electrons. The van der Waals surface area contributed by atoms with Crippen LogP contribution in [-0.4, -0.2) is 37.1 Å². The molecule has 0 aromatic heterocycles. The number of benzene rings is 2. The largest absolute Gasteiger partial charge is 0.461 e. The molecule has 0 amide bonds. The zero-order valence-corrected chi connectivity index (χ0v) is 13.3. The van der Waals surface area contributed by atoms with Crippen LogP contribution in [0, 0.1) is 0 Å². The molecule has 0 saturated carbocycles. The number of likely N-dealkylation sites (N-methyl/N-ethyl adjacent to an activating group) is 1. The van der Waals surface area contributed by atoms with Crippen LogP contribution in [-0.2, 0) is 4.74 Å². The summed E-state index contributed by atoms with van der Waals surface area (Å²) < 4.78 is 5.33. The summed E-state index contributed by atoms with van der Waals surface area (Å²) >= 11 is 0. The van der Waals surface area contributed by atoms with E-state index in [1.807, 2.05) is 42.5 Å². The Morgan fingerprint density at radius 1 is 0.909 bits per heavy atom. The van der Waals surface area contributed by atoms with Crippen molar-refractivity contribution in [3.8, 4) is 11.1 Å². The normalized spacial score (nSPS) is 10.7. The molecule has 0 aliphatic carbocycles. The van der Waals surface area contributed by atoms with Crippen LogP contribution >= 0.6 is 0 Å². The van der Waals surface area contributed by atoms with Gasteiger partial charge >= 0.3 is 5.97 Å². The maximum Gasteiger partial charge on any atom is 0.338 e. The number of carbonyl (C=O) groups excluding carboxylic acids is 1. The molecule has 22 heavy (non-hydrogen) atoms. The maximum atomic E-state index is 12.0. The summed E-state index contributed by atoms with van der Waals surface area (Å²) in [4.78, 5) is 14.2. The third-order valence-corrected chi connectivity index (χ3v) is 3.76. The van der Waals surface area contributed by atoms with Gasteiger partial charge < -0.3 is 9.64 Å². The van der Waals surface area contributed by atoms with Crippen molar-refractivity contribution in [3.63, 3.8) is 0 Å². The number of esters is 1. The van der Waals surface area contributed by atoms with Crippen LogP contribution < -0.4 is 0 Å². The van der Waals surface area contributed by atoms with Gasteiger partial charge in [0.1, 0.15) is 6.61 Å². The molecule has 116 valence electrons. The molecule has 2 aromatic carbocycles. The van der Waals surface area contributed by atoms with Crippen molar-refractivity contribution in [1.82, 2.24) is 4.90 Å². The summed E-state index contributed by atoms with van der Waals surface area (Å²) in [6, 6.07) is 17.7. The van der Waals surface area contributed by atoms with Gasteiger partial charge in [-0.2, -0.15) is 0 Å². The first-order chi connectivity index (χ1) is 10.7. The lowest BCUT2D eigenvalue weighted by molar-refractivity contribution is 0.0466. The minimum absolute atomic E-state index is 0.258. The van der Waals surface area contributed by atoms with Crippen LogP contribution in [0.1, 0.15) is 24.2 Å². The Labute approximate surface area is 132 Å². The molecule has 2 aromatic rings. The van der Waals surface area contributed by atoms with Gasteiger partial charge in [-0.3, -0.25) is 0 Å². The predicted octanol–water partition coefficient (Wildman–Crippen LogP) is 3.85. The van der Waals surface area contributed by atoms with Crippen molar-refractivity contribution in [2.45, 2.75) is 13.8 Å². The molecule has 0 aliphatic heterocycles. The highest BCUT2D eigenvalue weighted by atomic mass is 16.5. The minimum Gasteiger partial charge on any atom is -0.461 e. The second-order valence-corrected chi connectivity index (χ2v) is 5.11. The Bertz CT molecular complexity index is 574. The number of carbonyl (C=O) groups is 1. The van der Waals surface area contributed by atoms with Crippen molar-refractivity contribution in [2.24, 2.45) is 0 Å². The SMILES string of the molecule is CCN(CC)CCOC(=O)c1ccc(-c2ccccc2)cc1. The molecule has 0 bridgehead atoms. The average molecular weight is 297 g/mol. The standard InChI is InChI=1S/C19H23NO2/c1-3-20(4-2)14-15-22-19(21)18-12-10-17(11-13-18)16-8-6-5-7-9-16/h5-13H,3-4,14-15H2,1-2H3. The van der Waals surface area contributed by atoms with E-state index in [1.54, 1.807) is 0 Å². The van der Waals surface area contributed by atoms with Gasteiger partial charge in [0.25, 0.3) is 0 Å². The van der Waals surface area contributed by atoms with E-state index in [4.69, 9.17) is 4.74 Å². The van der Waals surface area contributed by atoms with Gasteiger partial charge in [0.05, 0.1) is 5.56 Å². The van der Waals surface area contributed by atoms with E-state index in [2.05, 4.69) is 30.9 Å². The van der Waals surface area contributed by atoms with Crippen molar-refractivity contribution in [1.29, 1.82) is 0 Å². The molecule has 0 fully saturated rings. The molecule has 0 aliphatic rings. The summed E-state index contributed by atoms with van der Waals surface area (Å²) in [7, 11) is 0. The van der Waals surface area contributed by atoms with Crippen molar-refractivity contribution < 1.29 is 9.53 Å². The summed E-state index contributed by atoms with van der Waals surface area (Å²) in [5, 5.41) is 0. The molecular formula is C19H23NO2. The van der Waals surface area contributed by atoms with Crippen LogP contribution in [0.2, 0.25) is 0 Å². The van der Waals surface area contributed by atoms with E-state index in [0.717, 1.165) is 30.8 Å². The summed E-state index contributed by atoms with van der Waals surface area (Å²) in [5.41, 5.74) is 2.84. The smallest absolute Gasteiger partial charge is 0.338 e. The zero-order chi connectivity index (χ0) is 15.8. The third kappa shape index (κ3) is 4.43. The first kappa shape index (κ1) is 16.2. The van der Waals surface area contributed by atoms with Gasteiger partial charge in [-0.05, 0) is 36.3 Å². The van der Waals surface area contributed by atoms with Crippen molar-refractivity contribution in [2.75, 3.05) is 26.2 Å². The zero-order valence-electron chi connectivity index (χ0n) is 13.3. The molecule has 0 heterocycles. The average Bonchev–Trinajstić information content (AvgIpc) is 2.59. The van der Waals surface area contributed by atoms with Gasteiger partial charge in [-0.1, -0.05) is 56.3 Å². The lowest BCUT2D eigenvalue weighted by Crippen LogP contribution is -2.27. The molecule has 0 atom stereocenters. The van der Waals surface area contributed by atoms with Gasteiger partial charge in [-0.25, -0.2) is 4.79 Å². The van der Waals surface area contributed by atoms with Crippen molar-refractivity contribution in [3.05, 3.63) is 60.2 Å². The molecule has 2 rings (SSSR count). The fraction of sp³-hybridized carbons (Fsp3) is 0.316. The maximum absolute atomic E-state index is 12.0. The second kappa shape index (κ2) is 8.35. The Morgan fingerprint density at radius 3 is 2.09 bits per heavy atom. The number of hydrogen-bond donors (Lipinski definition) is 0. The van der Waals surface area contributed by atoms with E-state index >= 15 is 0 Å². The molecule has 0 saturated heterocycles. The lowest BCUT2D eigenvalue weighted by atomic mass is 10.0. The first-order valence-electron chi connectivity index (χ1n) is 7.79. The highest BCUT2D eigenvalue weighted by Crippen LogP contribution is 2.19. The Balaban J connectivity index is 1.91. The fourth-order valence-corrected chi connectivity index (χ4v) is 2.32. The summed E-state index contributed by atoms with van der Waals surface area (Å²) in [6.45, 7) is 7.36. The van der Waals surface area contributed by atoms with Crippen LogP contribution in [0.5, 0.6) is 0 Å². The van der Waals surface area contributed by atoms with E-state index in [1.165, 1.54) is 0 Å². The lowest BCUT2D eigenvalue weighted by Gasteiger charge is -2.17. The van der Waals surface area contributed by atoms with Crippen LogP contribution in [0.15, 0.2) is 54.6 Å². The highest BCUT2D eigenvalue weighted by Gasteiger charge is 2.08. The monoisotopic (exact) mass is 297 g/mol. The Hall–Kier alpha value is -2.13. The van der Waals surface area contributed by atoms with E-state index in [9.17, 15) is 4.79 Å². The molecule has 3 nitrogen and oxygen atoms in total. The molecule has 0 spiro atoms. The Morgan fingerprint density at radius 2 is 1.50 bits per heavy atom. The quantitative estimate of drug-likeness (QED) is 0.727. The number of hydrogen-bond acceptors (Lipinski definition) is 3. The van der Waals surface area contributed by atoms with E-state index in [0.29, 0.717) is 12.2 Å². The van der Waals surface area contributed by atoms with E-state index in [-0.39, 0.29) is 5.97 Å². The third-order valence-electron chi connectivity index (χ3n) is 3.76. The van der Waals surface area contributed by atoms with Gasteiger partial charge in [0, 0.05) is 6.54 Å². The molecule has 3 heteroatoms. The predicted molar refractivity (Wildman–Crippen MR) is 89.9 cm³/mol. The summed E-state index contributed by atoms with van der Waals surface area (Å²) in [5.74, 6) is -0.258. The number of rotatable bonds is 7. The first-order valence-corrected chi connectivity index (χ1v) is 7.79. The summed E-state index contributed by atoms with van der Waals surface area (Å²) in [6.07, 6.45) is 0. The van der Waals surface area contributed by atoms with Gasteiger partial charge in [-0.15, -0.1) is 0 Å². The fourth-order valence-electron chi connectivity index (χ4n) is 2.32. The highest BCUT2D eigenvalue weighted by molar-refractivity contribution is 5.90. The van der Waals surface area contributed by atoms with Crippen molar-refractivity contribution >= 4 is 5.97 Å². The number of nitrogens with zero attached hydrogens (tertiary/aromatic N) is 1. The molecule has 0 unspecified atom stereocenters. The van der Waals surface area contributed by atoms with Crippen LogP contribution in [0.25, 0.3) is 11.1 Å². The van der Waals surface area contributed by atoms with Crippen LogP contribution in [0.3, 0.4) is 0 Å². The van der Waals surface area contributed by atoms with Gasteiger partial charge in [0.2, 0.25) is 0 Å². The topological polar surface area (TPSA) is 29.5 Å². The van der Waals surface area contributed by atoms with Crippen LogP contribution in [0.4, 0.5) is 0 Å². The number of ether oxygens (including phenoxy) is 1. The molecular weight excluding hydrogens is 274 g/mol. The Kier molecular flexibility index (Phi) is 6.16. The minimum atomic E-state index is -0.258. The van der Waals surface area contributed by atoms with Gasteiger partial charge in [0.15, 0.2) is 0 Å².